The van der Waals surface area contributed by atoms with Crippen LogP contribution in [0.15, 0.2) is 30.3 Å². The second-order valence-electron chi connectivity index (χ2n) is 10.2. The number of hydrogen-bond acceptors (Lipinski definition) is 0. The van der Waals surface area contributed by atoms with Gasteiger partial charge in [0.2, 0.25) is 0 Å². The summed E-state index contributed by atoms with van der Waals surface area (Å²) in [6.45, 7) is 13.7. The highest BCUT2D eigenvalue weighted by Crippen LogP contribution is 2.40. The normalized spacial score (nSPS) is 38.5. The number of hydrogen-bond donors (Lipinski definition) is 3. The smallest absolute Gasteiger partial charge is 0.0996 e. The van der Waals surface area contributed by atoms with E-state index in [-0.39, 0.29) is 37.2 Å². The van der Waals surface area contributed by atoms with Crippen LogP contribution in [0.3, 0.4) is 0 Å². The number of likely N-dealkylation sites (tertiary alicyclic amines) is 2. The molecule has 8 unspecified atom stereocenters. The van der Waals surface area contributed by atoms with E-state index in [9.17, 15) is 0 Å². The first-order valence-electron chi connectivity index (χ1n) is 11.4. The standard InChI is InChI=1S/C24H41N3.3ClH/c1-18-16-26(5)20(3)14-23(18)25-13-12-24(22-10-8-7-9-11-22)15-21(4)27(6)17-19(24)2;;;/h7-11,18-21,23,25H,12-17H2,1-6H3;3*1H. The summed E-state index contributed by atoms with van der Waals surface area (Å²) in [5.41, 5.74) is 1.93. The molecule has 0 bridgehead atoms. The van der Waals surface area contributed by atoms with Gasteiger partial charge < -0.3 is 52.3 Å². The molecule has 6 heteroatoms. The van der Waals surface area contributed by atoms with E-state index >= 15 is 0 Å². The lowest BCUT2D eigenvalue weighted by molar-refractivity contribution is -0.923. The molecular weight excluding hydrogens is 437 g/mol. The van der Waals surface area contributed by atoms with E-state index in [1.165, 1.54) is 38.9 Å². The molecule has 0 saturated carbocycles. The van der Waals surface area contributed by atoms with Gasteiger partial charge in [0.15, 0.2) is 0 Å². The van der Waals surface area contributed by atoms with Crippen molar-refractivity contribution in [2.24, 2.45) is 11.8 Å². The molecule has 8 atom stereocenters. The average Bonchev–Trinajstić information content (AvgIpc) is 2.64. The third-order valence-corrected chi connectivity index (χ3v) is 8.33. The number of nitrogens with one attached hydrogen (secondary N) is 2. The predicted molar refractivity (Wildman–Crippen MR) is 113 cm³/mol. The van der Waals surface area contributed by atoms with E-state index in [1.807, 2.05) is 0 Å². The van der Waals surface area contributed by atoms with Gasteiger partial charge >= 0.3 is 0 Å². The van der Waals surface area contributed by atoms with Crippen LogP contribution in [0.4, 0.5) is 0 Å². The summed E-state index contributed by atoms with van der Waals surface area (Å²) in [5, 5.41) is 2.71. The lowest BCUT2D eigenvalue weighted by Crippen LogP contribution is -3.16. The molecule has 4 N–H and O–H groups in total. The maximum Gasteiger partial charge on any atom is 0.0996 e. The summed E-state index contributed by atoms with van der Waals surface area (Å²) in [6, 6.07) is 13.8. The lowest BCUT2D eigenvalue weighted by Gasteiger charge is -2.47. The van der Waals surface area contributed by atoms with Crippen LogP contribution in [-0.4, -0.2) is 51.9 Å². The van der Waals surface area contributed by atoms with Crippen molar-refractivity contribution in [3.63, 3.8) is 0 Å². The van der Waals surface area contributed by atoms with Crippen LogP contribution in [0.2, 0.25) is 0 Å². The quantitative estimate of drug-likeness (QED) is 0.373. The Bertz CT molecular complexity index is 603. The highest BCUT2D eigenvalue weighted by atomic mass is 35.5. The van der Waals surface area contributed by atoms with Crippen molar-refractivity contribution < 1.29 is 52.3 Å². The van der Waals surface area contributed by atoms with Crippen molar-refractivity contribution in [3.05, 3.63) is 35.9 Å². The van der Waals surface area contributed by atoms with Crippen LogP contribution in [0, 0.1) is 11.8 Å². The molecule has 1 aromatic carbocycles. The highest BCUT2D eigenvalue weighted by Gasteiger charge is 2.46. The largest absolute Gasteiger partial charge is 1.00 e. The van der Waals surface area contributed by atoms with E-state index in [0.29, 0.717) is 5.41 Å². The molecule has 0 amide bonds. The first-order chi connectivity index (χ1) is 12.8. The fourth-order valence-electron chi connectivity index (χ4n) is 6.05. The van der Waals surface area contributed by atoms with Crippen molar-refractivity contribution >= 4 is 0 Å². The van der Waals surface area contributed by atoms with Gasteiger partial charge in [0, 0.05) is 24.2 Å². The summed E-state index contributed by atoms with van der Waals surface area (Å²) in [4.78, 5) is 3.42. The van der Waals surface area contributed by atoms with Crippen molar-refractivity contribution in [1.82, 2.24) is 0 Å². The minimum Gasteiger partial charge on any atom is -1.00 e. The van der Waals surface area contributed by atoms with Gasteiger partial charge in [-0.1, -0.05) is 44.2 Å². The monoisotopic (exact) mass is 479 g/mol. The highest BCUT2D eigenvalue weighted by molar-refractivity contribution is 5.27. The Morgan fingerprint density at radius 1 is 0.900 bits per heavy atom. The molecule has 0 aliphatic carbocycles. The lowest BCUT2D eigenvalue weighted by atomic mass is 9.63. The summed E-state index contributed by atoms with van der Waals surface area (Å²) >= 11 is 0. The summed E-state index contributed by atoms with van der Waals surface area (Å²) < 4.78 is 0. The van der Waals surface area contributed by atoms with Gasteiger partial charge in [-0.25, -0.2) is 0 Å². The molecule has 0 radical (unpaired) electrons. The van der Waals surface area contributed by atoms with E-state index in [1.54, 1.807) is 15.4 Å². The SMILES string of the molecule is CC1C[NH+](C)C(C)CC1[NH2+]CCC1(c2ccccc2)CC(C)[NH+](C)CC1C.[Cl-].[Cl-].[Cl-]. The third-order valence-electron chi connectivity index (χ3n) is 8.33. The molecule has 1 aromatic rings. The Balaban J connectivity index is 0.00000280. The van der Waals surface area contributed by atoms with Gasteiger partial charge in [0.05, 0.1) is 64.2 Å². The van der Waals surface area contributed by atoms with Crippen LogP contribution >= 0.6 is 0 Å². The first kappa shape index (κ1) is 30.0. The van der Waals surface area contributed by atoms with Crippen LogP contribution in [0.25, 0.3) is 0 Å². The molecule has 2 aliphatic rings. The third kappa shape index (κ3) is 6.49. The van der Waals surface area contributed by atoms with Crippen molar-refractivity contribution in [2.45, 2.75) is 70.5 Å². The topological polar surface area (TPSA) is 25.5 Å². The Morgan fingerprint density at radius 2 is 1.50 bits per heavy atom. The number of piperidine rings is 2. The molecule has 0 spiro atoms. The summed E-state index contributed by atoms with van der Waals surface area (Å²) in [5.74, 6) is 1.56. The number of rotatable bonds is 5. The van der Waals surface area contributed by atoms with Gasteiger partial charge in [-0.2, -0.15) is 0 Å². The number of nitrogens with two attached hydrogens (primary N) is 1. The predicted octanol–water partition coefficient (Wildman–Crippen LogP) is -8.86. The van der Waals surface area contributed by atoms with Crippen molar-refractivity contribution in [3.8, 4) is 0 Å². The van der Waals surface area contributed by atoms with Crippen LogP contribution in [0.5, 0.6) is 0 Å². The molecule has 176 valence electrons. The molecular formula is C24H44Cl3N3. The molecule has 2 fully saturated rings. The van der Waals surface area contributed by atoms with Gasteiger partial charge in [-0.3, -0.25) is 0 Å². The van der Waals surface area contributed by atoms with Gasteiger partial charge in [0.25, 0.3) is 0 Å². The number of quaternary nitrogens is 3. The Kier molecular flexibility index (Phi) is 12.9. The van der Waals surface area contributed by atoms with Gasteiger partial charge in [-0.05, 0) is 19.4 Å². The van der Waals surface area contributed by atoms with Crippen LogP contribution in [0.1, 0.15) is 52.5 Å². The maximum absolute atomic E-state index is 2.71. The second kappa shape index (κ2) is 12.9. The minimum absolute atomic E-state index is 0. The average molecular weight is 481 g/mol. The fourth-order valence-corrected chi connectivity index (χ4v) is 6.05. The Morgan fingerprint density at radius 3 is 2.13 bits per heavy atom. The second-order valence-corrected chi connectivity index (χ2v) is 10.2. The first-order valence-corrected chi connectivity index (χ1v) is 11.4. The molecule has 2 heterocycles. The maximum atomic E-state index is 2.71. The van der Waals surface area contributed by atoms with Crippen molar-refractivity contribution in [2.75, 3.05) is 33.7 Å². The van der Waals surface area contributed by atoms with Gasteiger partial charge in [-0.15, -0.1) is 0 Å². The molecule has 2 aliphatic heterocycles. The Labute approximate surface area is 204 Å². The van der Waals surface area contributed by atoms with E-state index < -0.39 is 0 Å². The zero-order chi connectivity index (χ0) is 19.6. The van der Waals surface area contributed by atoms with E-state index in [0.717, 1.165) is 30.0 Å². The fraction of sp³-hybridized carbons (Fsp3) is 0.750. The van der Waals surface area contributed by atoms with Crippen LogP contribution < -0.4 is 52.3 Å². The Hall–Kier alpha value is -0.0300. The molecule has 2 saturated heterocycles. The van der Waals surface area contributed by atoms with E-state index in [2.05, 4.69) is 77.4 Å². The number of halogens is 3. The summed E-state index contributed by atoms with van der Waals surface area (Å²) in [7, 11) is 4.75. The molecule has 0 aromatic heterocycles. The molecule has 3 rings (SSSR count). The zero-order valence-corrected chi connectivity index (χ0v) is 22.0. The zero-order valence-electron chi connectivity index (χ0n) is 19.7. The van der Waals surface area contributed by atoms with E-state index in [4.69, 9.17) is 0 Å². The van der Waals surface area contributed by atoms with Gasteiger partial charge in [0.1, 0.15) is 0 Å². The molecule has 3 nitrogen and oxygen atoms in total. The van der Waals surface area contributed by atoms with Crippen LogP contribution in [-0.2, 0) is 5.41 Å². The number of benzene rings is 1. The molecule has 30 heavy (non-hydrogen) atoms. The minimum atomic E-state index is 0. The summed E-state index contributed by atoms with van der Waals surface area (Å²) in [6.07, 6.45) is 4.00. The van der Waals surface area contributed by atoms with Crippen molar-refractivity contribution in [1.29, 1.82) is 0 Å².